The van der Waals surface area contributed by atoms with Gasteiger partial charge in [0.05, 0.1) is 6.10 Å². The van der Waals surface area contributed by atoms with Crippen LogP contribution in [-0.2, 0) is 19.9 Å². The molecule has 0 amide bonds. The Morgan fingerprint density at radius 1 is 0.677 bits per heavy atom. The predicted molar refractivity (Wildman–Crippen MR) is 79.8 cm³/mol. The Kier molecular flexibility index (Phi) is 6.73. The van der Waals surface area contributed by atoms with Crippen molar-refractivity contribution < 1.29 is 60.3 Å². The summed E-state index contributed by atoms with van der Waals surface area (Å²) in [5.74, 6) is -12.4. The van der Waals surface area contributed by atoms with Crippen LogP contribution < -0.4 is 0 Å². The van der Waals surface area contributed by atoms with E-state index in [2.05, 4.69) is 3.79 Å². The van der Waals surface area contributed by atoms with Crippen molar-refractivity contribution >= 4 is 15.9 Å². The van der Waals surface area contributed by atoms with Gasteiger partial charge in [-0.25, -0.2) is 13.2 Å². The summed E-state index contributed by atoms with van der Waals surface area (Å²) in [6.45, 7) is 3.60. The van der Waals surface area contributed by atoms with Gasteiger partial charge in [0, 0.05) is 11.7 Å². The van der Waals surface area contributed by atoms with Crippen LogP contribution >= 0.6 is 0 Å². The Hall–Kier alpha value is -1.17. The molecular weight excluding hydrogens is 479 g/mol. The number of benzene rings is 1. The molecule has 1 aromatic carbocycles. The molecule has 1 aliphatic rings. The molecule has 0 saturated carbocycles. The van der Waals surface area contributed by atoms with Crippen LogP contribution in [0.1, 0.15) is 43.6 Å². The Morgan fingerprint density at radius 3 is 1.55 bits per heavy atom. The molecule has 1 heterocycles. The number of rotatable bonds is 1. The highest BCUT2D eigenvalue weighted by Crippen LogP contribution is 2.52. The highest BCUT2D eigenvalue weighted by Gasteiger charge is 2.59. The minimum atomic E-state index is -6.11. The lowest BCUT2D eigenvalue weighted by Gasteiger charge is -2.46. The first kappa shape index (κ1) is 26.1. The van der Waals surface area contributed by atoms with Crippen LogP contribution in [0.15, 0.2) is 0 Å². The van der Waals surface area contributed by atoms with Gasteiger partial charge >= 0.3 is 34.4 Å². The van der Waals surface area contributed by atoms with Crippen LogP contribution in [0.3, 0.4) is 0 Å². The smallest absolute Gasteiger partial charge is 0.480 e. The molecule has 0 N–H and O–H groups in total. The molecule has 1 aromatic rings. The summed E-state index contributed by atoms with van der Waals surface area (Å²) in [4.78, 5) is 0. The maximum atomic E-state index is 14.5. The summed E-state index contributed by atoms with van der Waals surface area (Å²) in [7, 11) is 0. The first-order valence-electron chi connectivity index (χ1n) is 8.24. The lowest BCUT2D eigenvalue weighted by atomic mass is 9.76. The van der Waals surface area contributed by atoms with E-state index >= 15 is 0 Å². The normalized spacial score (nSPS) is 23.6. The van der Waals surface area contributed by atoms with Gasteiger partial charge < -0.3 is 7.58 Å². The van der Waals surface area contributed by atoms with Gasteiger partial charge in [-0.1, -0.05) is 20.8 Å². The van der Waals surface area contributed by atoms with Gasteiger partial charge in [-0.05, 0) is 5.41 Å². The third kappa shape index (κ3) is 4.94. The molecule has 0 aromatic heterocycles. The molecule has 0 aliphatic carbocycles. The Morgan fingerprint density at radius 2 is 1.16 bits per heavy atom. The first-order valence-corrected chi connectivity index (χ1v) is 9.19. The van der Waals surface area contributed by atoms with Crippen molar-refractivity contribution in [2.75, 3.05) is 0 Å². The van der Waals surface area contributed by atoms with E-state index < -0.39 is 92.1 Å². The molecule has 3 unspecified atom stereocenters. The summed E-state index contributed by atoms with van der Waals surface area (Å²) < 4.78 is 173. The van der Waals surface area contributed by atoms with Gasteiger partial charge in [0.15, 0.2) is 17.5 Å². The van der Waals surface area contributed by atoms with Crippen molar-refractivity contribution in [1.29, 1.82) is 0 Å². The van der Waals surface area contributed by atoms with Crippen molar-refractivity contribution in [2.24, 2.45) is 11.3 Å². The van der Waals surface area contributed by atoms with Crippen LogP contribution in [0.2, 0.25) is 0 Å². The molecular formula is C16H12AlF12O2. The highest BCUT2D eigenvalue weighted by molar-refractivity contribution is 6.18. The first-order chi connectivity index (χ1) is 13.7. The van der Waals surface area contributed by atoms with Crippen molar-refractivity contribution in [2.45, 2.75) is 51.5 Å². The third-order valence-electron chi connectivity index (χ3n) is 4.50. The van der Waals surface area contributed by atoms with E-state index in [1.54, 1.807) is 0 Å². The minimum absolute atomic E-state index is 1.20. The molecule has 0 bridgehead atoms. The van der Waals surface area contributed by atoms with Gasteiger partial charge in [0.1, 0.15) is 17.0 Å². The van der Waals surface area contributed by atoms with Crippen molar-refractivity contribution in [1.82, 2.24) is 0 Å². The fourth-order valence-corrected chi connectivity index (χ4v) is 4.47. The Bertz CT molecular complexity index is 838. The number of hydrogen-bond acceptors (Lipinski definition) is 2. The lowest BCUT2D eigenvalue weighted by Crippen LogP contribution is -2.52. The topological polar surface area (TPSA) is 18.5 Å². The molecule has 31 heavy (non-hydrogen) atoms. The zero-order chi connectivity index (χ0) is 24.3. The van der Waals surface area contributed by atoms with Crippen molar-refractivity contribution in [3.8, 4) is 0 Å². The summed E-state index contributed by atoms with van der Waals surface area (Å²) in [5.41, 5.74) is -9.99. The molecule has 2 nitrogen and oxygen atoms in total. The molecule has 1 saturated heterocycles. The zero-order valence-electron chi connectivity index (χ0n) is 15.7. The van der Waals surface area contributed by atoms with E-state index in [1.807, 2.05) is 0 Å². The van der Waals surface area contributed by atoms with Crippen LogP contribution in [0.4, 0.5) is 52.7 Å². The summed E-state index contributed by atoms with van der Waals surface area (Å²) >= 11 is -1.98. The van der Waals surface area contributed by atoms with Crippen LogP contribution in [0, 0.1) is 28.8 Å². The molecule has 2 rings (SSSR count). The zero-order valence-corrected chi connectivity index (χ0v) is 16.8. The van der Waals surface area contributed by atoms with Crippen molar-refractivity contribution in [3.05, 3.63) is 34.1 Å². The molecule has 0 spiro atoms. The summed E-state index contributed by atoms with van der Waals surface area (Å²) in [6, 6.07) is 0. The van der Waals surface area contributed by atoms with E-state index in [4.69, 9.17) is 3.79 Å². The molecule has 1 aliphatic heterocycles. The molecule has 3 atom stereocenters. The largest absolute Gasteiger partial charge is 0.669 e. The van der Waals surface area contributed by atoms with Gasteiger partial charge in [0.25, 0.3) is 0 Å². The van der Waals surface area contributed by atoms with E-state index in [0.29, 0.717) is 0 Å². The number of halogens is 12. The van der Waals surface area contributed by atoms with Crippen LogP contribution in [0.25, 0.3) is 0 Å². The summed E-state index contributed by atoms with van der Waals surface area (Å²) in [6.07, 6.45) is -22.6. The van der Waals surface area contributed by atoms with Gasteiger partial charge in [-0.3, -0.25) is 0 Å². The van der Waals surface area contributed by atoms with E-state index in [0.717, 1.165) is 0 Å². The van der Waals surface area contributed by atoms with Crippen LogP contribution in [-0.4, -0.2) is 28.2 Å². The second-order valence-corrected chi connectivity index (χ2v) is 8.48. The van der Waals surface area contributed by atoms with Crippen molar-refractivity contribution in [3.63, 3.8) is 0 Å². The monoisotopic (exact) mass is 491 g/mol. The Balaban J connectivity index is 2.94. The highest BCUT2D eigenvalue weighted by atomic mass is 27.2. The Labute approximate surface area is 173 Å². The van der Waals surface area contributed by atoms with Crippen LogP contribution in [0.5, 0.6) is 0 Å². The SMILES string of the molecule is CC(C)(C)C1[O][Al][O]C(c2c(F)c(F)c(C(F)(F)F)c(F)c2C(F)(F)F)C1C(F)(F)F. The van der Waals surface area contributed by atoms with Gasteiger partial charge in [-0.2, -0.15) is 39.5 Å². The lowest BCUT2D eigenvalue weighted by molar-refractivity contribution is -0.250. The maximum Gasteiger partial charge on any atom is 0.669 e. The predicted octanol–water partition coefficient (Wildman–Crippen LogP) is 6.36. The average Bonchev–Trinajstić information content (AvgIpc) is 2.53. The minimum Gasteiger partial charge on any atom is -0.480 e. The molecule has 1 fully saturated rings. The summed E-state index contributed by atoms with van der Waals surface area (Å²) in [5, 5.41) is 0. The van der Waals surface area contributed by atoms with E-state index in [1.165, 1.54) is 20.8 Å². The van der Waals surface area contributed by atoms with E-state index in [9.17, 15) is 52.7 Å². The quantitative estimate of drug-likeness (QED) is 0.259. The van der Waals surface area contributed by atoms with E-state index in [-0.39, 0.29) is 0 Å². The number of alkyl halides is 9. The fourth-order valence-electron chi connectivity index (χ4n) is 3.28. The fraction of sp³-hybridized carbons (Fsp3) is 0.625. The standard InChI is InChI=1S/C16H12F12O2.Al/c1-13(2,3)12(30)7(16(26,27)28)11(29)4-5(14(20,21)22)9(18)6(15(23,24)25)10(19)8(4)17;/h7,11-12H,1-3H3;/q-2;+2. The third-order valence-corrected chi connectivity index (χ3v) is 5.31. The second-order valence-electron chi connectivity index (χ2n) is 7.74. The van der Waals surface area contributed by atoms with Gasteiger partial charge in [0.2, 0.25) is 0 Å². The number of hydrogen-bond donors (Lipinski definition) is 0. The molecule has 15 heteroatoms. The van der Waals surface area contributed by atoms with Gasteiger partial charge in [-0.15, -0.1) is 0 Å². The molecule has 1 radical (unpaired) electrons. The average molecular weight is 491 g/mol. The maximum absolute atomic E-state index is 14.5. The molecule has 175 valence electrons. The second kappa shape index (κ2) is 8.00.